The van der Waals surface area contributed by atoms with Crippen LogP contribution in [0.3, 0.4) is 0 Å². The third-order valence-corrected chi connectivity index (χ3v) is 7.14. The number of piperidine rings is 1. The molecule has 2 N–H and O–H groups in total. The third-order valence-electron chi connectivity index (χ3n) is 7.14. The summed E-state index contributed by atoms with van der Waals surface area (Å²) in [6.45, 7) is 6.04. The van der Waals surface area contributed by atoms with Crippen LogP contribution in [-0.2, 0) is 11.2 Å². The number of hydrogen-bond acceptors (Lipinski definition) is 9. The number of halogens is 2. The molecule has 12 heteroatoms. The lowest BCUT2D eigenvalue weighted by Crippen LogP contribution is -2.45. The second-order valence-corrected chi connectivity index (χ2v) is 10.0. The van der Waals surface area contributed by atoms with Crippen LogP contribution in [0.2, 0.25) is 0 Å². The van der Waals surface area contributed by atoms with E-state index in [-0.39, 0.29) is 31.0 Å². The van der Waals surface area contributed by atoms with E-state index in [1.165, 1.54) is 30.2 Å². The number of carbonyl (C=O) groups is 1. The summed E-state index contributed by atoms with van der Waals surface area (Å²) in [5.41, 5.74) is 3.18. The van der Waals surface area contributed by atoms with Gasteiger partial charge < -0.3 is 29.3 Å². The number of aliphatic hydroxyl groups is 1. The van der Waals surface area contributed by atoms with Crippen LogP contribution in [0, 0.1) is 32.5 Å². The zero-order valence-corrected chi connectivity index (χ0v) is 23.3. The minimum Gasteiger partial charge on any atom is -0.491 e. The number of benzene rings is 1. The molecule has 0 unspecified atom stereocenters. The van der Waals surface area contributed by atoms with Crippen molar-refractivity contribution in [3.63, 3.8) is 0 Å². The maximum absolute atomic E-state index is 15.2. The van der Waals surface area contributed by atoms with Crippen molar-refractivity contribution in [2.45, 2.75) is 45.9 Å². The third kappa shape index (κ3) is 6.39. The minimum absolute atomic E-state index is 0.0123. The standard InChI is InChI=1S/C28H35F2N5O5/c1-15-24(10-18-8-9-35(13-23(18)30)28(37)38-5)32-27(33-26(15)25-16(2)34-40-17(25)3)21-11-20(6-7-22(21)29)39-14-19(36)12-31-4/h6-7,11,18-19,23,31,36H,8-10,12-14H2,1-5H3/t18-,19-,23-/m1/s1. The van der Waals surface area contributed by atoms with E-state index >= 15 is 8.78 Å². The average Bonchev–Trinajstić information content (AvgIpc) is 3.27. The summed E-state index contributed by atoms with van der Waals surface area (Å²) in [6, 6.07) is 4.21. The molecule has 1 aliphatic heterocycles. The number of alkyl halides is 1. The number of aromatic nitrogens is 3. The van der Waals surface area contributed by atoms with Crippen LogP contribution in [0.5, 0.6) is 5.75 Å². The summed E-state index contributed by atoms with van der Waals surface area (Å²) >= 11 is 0. The van der Waals surface area contributed by atoms with Crippen molar-refractivity contribution >= 4 is 6.09 Å². The highest BCUT2D eigenvalue weighted by molar-refractivity contribution is 5.71. The van der Waals surface area contributed by atoms with Crippen LogP contribution in [0.15, 0.2) is 22.7 Å². The zero-order chi connectivity index (χ0) is 29.0. The second kappa shape index (κ2) is 12.7. The number of aliphatic hydroxyl groups excluding tert-OH is 1. The maximum atomic E-state index is 15.2. The first-order chi connectivity index (χ1) is 19.1. The molecule has 0 saturated carbocycles. The summed E-state index contributed by atoms with van der Waals surface area (Å²) in [5.74, 6) is 0.0272. The topological polar surface area (TPSA) is 123 Å². The van der Waals surface area contributed by atoms with Gasteiger partial charge in [-0.3, -0.25) is 0 Å². The Hall–Kier alpha value is -3.64. The fourth-order valence-corrected chi connectivity index (χ4v) is 4.93. The number of likely N-dealkylation sites (N-methyl/N-ethyl adjacent to an activating group) is 1. The van der Waals surface area contributed by atoms with Crippen molar-refractivity contribution in [2.75, 3.05) is 40.4 Å². The zero-order valence-electron chi connectivity index (χ0n) is 23.3. The predicted molar refractivity (Wildman–Crippen MR) is 143 cm³/mol. The van der Waals surface area contributed by atoms with Crippen molar-refractivity contribution in [3.05, 3.63) is 46.7 Å². The second-order valence-electron chi connectivity index (χ2n) is 10.0. The Balaban J connectivity index is 1.72. The molecule has 3 aromatic rings. The van der Waals surface area contributed by atoms with Gasteiger partial charge in [0.2, 0.25) is 0 Å². The molecule has 1 aliphatic rings. The molecule has 1 saturated heterocycles. The number of hydrogen-bond donors (Lipinski definition) is 2. The molecular weight excluding hydrogens is 524 g/mol. The highest BCUT2D eigenvalue weighted by Crippen LogP contribution is 2.35. The van der Waals surface area contributed by atoms with Gasteiger partial charge in [0.05, 0.1) is 36.2 Å². The quantitative estimate of drug-likeness (QED) is 0.403. The first-order valence-electron chi connectivity index (χ1n) is 13.2. The normalized spacial score (nSPS) is 18.1. The molecule has 0 bridgehead atoms. The highest BCUT2D eigenvalue weighted by atomic mass is 19.1. The largest absolute Gasteiger partial charge is 0.491 e. The Morgan fingerprint density at radius 2 is 2.08 bits per heavy atom. The Morgan fingerprint density at radius 3 is 2.73 bits per heavy atom. The van der Waals surface area contributed by atoms with E-state index in [9.17, 15) is 9.90 Å². The fraction of sp³-hybridized carbons (Fsp3) is 0.500. The summed E-state index contributed by atoms with van der Waals surface area (Å²) in [5, 5.41) is 16.9. The van der Waals surface area contributed by atoms with Gasteiger partial charge in [-0.25, -0.2) is 23.5 Å². The lowest BCUT2D eigenvalue weighted by molar-refractivity contribution is 0.0657. The molecule has 3 heterocycles. The predicted octanol–water partition coefficient (Wildman–Crippen LogP) is 3.79. The molecule has 216 valence electrons. The SMILES string of the molecule is CNC[C@@H](O)COc1ccc(F)c(-c2nc(C[C@H]3CCN(C(=O)OC)C[C@H]3F)c(C)c(-c3c(C)noc3C)n2)c1. The van der Waals surface area contributed by atoms with E-state index in [4.69, 9.17) is 24.0 Å². The van der Waals surface area contributed by atoms with Gasteiger partial charge in [0, 0.05) is 18.8 Å². The van der Waals surface area contributed by atoms with Crippen molar-refractivity contribution in [2.24, 2.45) is 5.92 Å². The van der Waals surface area contributed by atoms with Crippen LogP contribution in [0.4, 0.5) is 13.6 Å². The summed E-state index contributed by atoms with van der Waals surface area (Å²) in [7, 11) is 2.99. The smallest absolute Gasteiger partial charge is 0.409 e. The molecule has 0 spiro atoms. The molecular formula is C28H35F2N5O5. The van der Waals surface area contributed by atoms with E-state index in [1.54, 1.807) is 20.9 Å². The van der Waals surface area contributed by atoms with E-state index in [0.29, 0.717) is 59.2 Å². The van der Waals surface area contributed by atoms with Gasteiger partial charge in [-0.2, -0.15) is 0 Å². The molecule has 1 aromatic carbocycles. The number of amides is 1. The number of ether oxygens (including phenoxy) is 2. The molecule has 1 fully saturated rings. The summed E-state index contributed by atoms with van der Waals surface area (Å²) in [6.07, 6.45) is -1.90. The number of carbonyl (C=O) groups excluding carboxylic acids is 1. The number of rotatable bonds is 9. The van der Waals surface area contributed by atoms with E-state index in [0.717, 1.165) is 0 Å². The molecule has 0 aliphatic carbocycles. The van der Waals surface area contributed by atoms with Gasteiger partial charge >= 0.3 is 6.09 Å². The lowest BCUT2D eigenvalue weighted by Gasteiger charge is -2.34. The molecule has 3 atom stereocenters. The number of nitrogens with zero attached hydrogens (tertiary/aromatic N) is 4. The maximum Gasteiger partial charge on any atom is 0.409 e. The van der Waals surface area contributed by atoms with Gasteiger partial charge in [0.25, 0.3) is 0 Å². The first kappa shape index (κ1) is 29.3. The molecule has 2 aromatic heterocycles. The van der Waals surface area contributed by atoms with Crippen molar-refractivity contribution in [1.29, 1.82) is 0 Å². The first-order valence-corrected chi connectivity index (χ1v) is 13.2. The van der Waals surface area contributed by atoms with Crippen molar-refractivity contribution in [1.82, 2.24) is 25.3 Å². The molecule has 4 rings (SSSR count). The monoisotopic (exact) mass is 559 g/mol. The number of likely N-dealkylation sites (tertiary alicyclic amines) is 1. The highest BCUT2D eigenvalue weighted by Gasteiger charge is 2.33. The van der Waals surface area contributed by atoms with Gasteiger partial charge in [-0.1, -0.05) is 5.16 Å². The Kier molecular flexibility index (Phi) is 9.31. The average molecular weight is 560 g/mol. The molecule has 0 radical (unpaired) electrons. The lowest BCUT2D eigenvalue weighted by atomic mass is 9.88. The van der Waals surface area contributed by atoms with Crippen LogP contribution in [0.25, 0.3) is 22.6 Å². The van der Waals surface area contributed by atoms with Crippen molar-refractivity contribution in [3.8, 4) is 28.4 Å². The number of methoxy groups -OCH3 is 1. The van der Waals surface area contributed by atoms with Crippen molar-refractivity contribution < 1.29 is 32.7 Å². The van der Waals surface area contributed by atoms with Crippen LogP contribution in [0.1, 0.15) is 29.1 Å². The molecule has 40 heavy (non-hydrogen) atoms. The number of aryl methyl sites for hydroxylation is 2. The van der Waals surface area contributed by atoms with E-state index < -0.39 is 30.1 Å². The summed E-state index contributed by atoms with van der Waals surface area (Å²) < 4.78 is 46.2. The summed E-state index contributed by atoms with van der Waals surface area (Å²) in [4.78, 5) is 22.7. The molecule has 1 amide bonds. The van der Waals surface area contributed by atoms with Gasteiger partial charge in [0.15, 0.2) is 5.82 Å². The van der Waals surface area contributed by atoms with Crippen LogP contribution < -0.4 is 10.1 Å². The van der Waals surface area contributed by atoms with Crippen LogP contribution in [-0.4, -0.2) is 83.9 Å². The van der Waals surface area contributed by atoms with Gasteiger partial charge in [0.1, 0.15) is 36.2 Å². The fourth-order valence-electron chi connectivity index (χ4n) is 4.93. The Morgan fingerprint density at radius 1 is 1.30 bits per heavy atom. The van der Waals surface area contributed by atoms with Crippen LogP contribution >= 0.6 is 0 Å². The van der Waals surface area contributed by atoms with E-state index in [1.807, 2.05) is 6.92 Å². The number of nitrogens with one attached hydrogen (secondary N) is 1. The van der Waals surface area contributed by atoms with E-state index in [2.05, 4.69) is 10.5 Å². The van der Waals surface area contributed by atoms with Gasteiger partial charge in [-0.05, 0) is 70.3 Å². The Bertz CT molecular complexity index is 1330. The minimum atomic E-state index is -1.29. The molecule has 10 nitrogen and oxygen atoms in total. The van der Waals surface area contributed by atoms with Gasteiger partial charge in [-0.15, -0.1) is 0 Å². The Labute approximate surface area is 231 Å².